The smallest absolute Gasteiger partial charge is 0.157 e. The van der Waals surface area contributed by atoms with Crippen LogP contribution in [0.2, 0.25) is 0 Å². The summed E-state index contributed by atoms with van der Waals surface area (Å²) in [6, 6.07) is 0.558. The first-order valence-corrected chi connectivity index (χ1v) is 5.26. The summed E-state index contributed by atoms with van der Waals surface area (Å²) in [5.41, 5.74) is 1.14. The summed E-state index contributed by atoms with van der Waals surface area (Å²) in [6.45, 7) is 4.38. The van der Waals surface area contributed by atoms with Crippen LogP contribution in [0.4, 0.5) is 0 Å². The number of hydrogen-bond donors (Lipinski definition) is 1. The topological polar surface area (TPSA) is 29.1 Å². The summed E-state index contributed by atoms with van der Waals surface area (Å²) in [5.74, 6) is 0.272. The van der Waals surface area contributed by atoms with Crippen molar-refractivity contribution in [2.45, 2.75) is 52.0 Å². The van der Waals surface area contributed by atoms with Crippen molar-refractivity contribution in [2.75, 3.05) is 0 Å². The molecule has 1 N–H and O–H groups in total. The zero-order chi connectivity index (χ0) is 9.68. The second kappa shape index (κ2) is 5.05. The largest absolute Gasteiger partial charge is 0.386 e. The van der Waals surface area contributed by atoms with Crippen molar-refractivity contribution in [1.29, 1.82) is 0 Å². The van der Waals surface area contributed by atoms with E-state index in [1.54, 1.807) is 6.08 Å². The molecule has 0 amide bonds. The fourth-order valence-electron chi connectivity index (χ4n) is 1.70. The highest BCUT2D eigenvalue weighted by molar-refractivity contribution is 5.92. The van der Waals surface area contributed by atoms with Crippen LogP contribution >= 0.6 is 0 Å². The maximum Gasteiger partial charge on any atom is 0.157 e. The third-order valence-electron chi connectivity index (χ3n) is 2.50. The van der Waals surface area contributed by atoms with Crippen molar-refractivity contribution in [3.63, 3.8) is 0 Å². The highest BCUT2D eigenvalue weighted by Crippen LogP contribution is 2.14. The average molecular weight is 181 g/mol. The predicted octanol–water partition coefficient (Wildman–Crippen LogP) is 2.40. The minimum absolute atomic E-state index is 0.272. The summed E-state index contributed by atoms with van der Waals surface area (Å²) in [4.78, 5) is 11.0. The Hall–Kier alpha value is -0.790. The van der Waals surface area contributed by atoms with Gasteiger partial charge in [0.2, 0.25) is 0 Å². The number of carbonyl (C=O) groups excluding carboxylic acids is 1. The van der Waals surface area contributed by atoms with Gasteiger partial charge in [0.25, 0.3) is 0 Å². The molecule has 1 aliphatic rings. The number of allylic oxidation sites excluding steroid dienone is 2. The molecule has 0 fully saturated rings. The van der Waals surface area contributed by atoms with E-state index >= 15 is 0 Å². The molecule has 13 heavy (non-hydrogen) atoms. The Kier molecular flexibility index (Phi) is 4.00. The van der Waals surface area contributed by atoms with Crippen LogP contribution in [0.1, 0.15) is 46.0 Å². The maximum absolute atomic E-state index is 11.0. The zero-order valence-electron chi connectivity index (χ0n) is 8.60. The molecule has 2 heteroatoms. The van der Waals surface area contributed by atoms with Gasteiger partial charge in [-0.25, -0.2) is 0 Å². The van der Waals surface area contributed by atoms with Crippen molar-refractivity contribution in [1.82, 2.24) is 5.32 Å². The predicted molar refractivity (Wildman–Crippen MR) is 54.4 cm³/mol. The molecule has 0 aromatic heterocycles. The van der Waals surface area contributed by atoms with E-state index in [2.05, 4.69) is 19.2 Å². The molecular formula is C11H19NO. The summed E-state index contributed by atoms with van der Waals surface area (Å²) in [5, 5.41) is 3.44. The Balaban J connectivity index is 2.37. The normalized spacial score (nSPS) is 18.6. The molecule has 0 radical (unpaired) electrons. The molecule has 0 saturated heterocycles. The molecule has 0 aromatic rings. The van der Waals surface area contributed by atoms with Crippen LogP contribution in [0.25, 0.3) is 0 Å². The first-order chi connectivity index (χ1) is 6.26. The second-order valence-corrected chi connectivity index (χ2v) is 3.67. The number of ketones is 1. The molecule has 1 rings (SSSR count). The van der Waals surface area contributed by atoms with Crippen molar-refractivity contribution in [3.05, 3.63) is 11.8 Å². The van der Waals surface area contributed by atoms with Gasteiger partial charge in [-0.1, -0.05) is 20.3 Å². The van der Waals surface area contributed by atoms with Crippen LogP contribution in [0.3, 0.4) is 0 Å². The fourth-order valence-corrected chi connectivity index (χ4v) is 1.70. The first-order valence-electron chi connectivity index (χ1n) is 5.26. The van der Waals surface area contributed by atoms with Gasteiger partial charge in [-0.2, -0.15) is 0 Å². The molecule has 1 unspecified atom stereocenters. The van der Waals surface area contributed by atoms with E-state index in [4.69, 9.17) is 0 Å². The minimum Gasteiger partial charge on any atom is -0.386 e. The van der Waals surface area contributed by atoms with Gasteiger partial charge in [0, 0.05) is 24.2 Å². The number of carbonyl (C=O) groups is 1. The minimum atomic E-state index is 0.272. The lowest BCUT2D eigenvalue weighted by atomic mass is 10.1. The third-order valence-corrected chi connectivity index (χ3v) is 2.50. The monoisotopic (exact) mass is 181 g/mol. The van der Waals surface area contributed by atoms with Crippen LogP contribution < -0.4 is 5.32 Å². The Morgan fingerprint density at radius 2 is 2.23 bits per heavy atom. The molecule has 0 saturated carbocycles. The van der Waals surface area contributed by atoms with Gasteiger partial charge in [0.1, 0.15) is 0 Å². The fraction of sp³-hybridized carbons (Fsp3) is 0.727. The first kappa shape index (κ1) is 10.3. The van der Waals surface area contributed by atoms with E-state index < -0.39 is 0 Å². The van der Waals surface area contributed by atoms with Gasteiger partial charge < -0.3 is 5.32 Å². The summed E-state index contributed by atoms with van der Waals surface area (Å²) >= 11 is 0. The zero-order valence-corrected chi connectivity index (χ0v) is 8.60. The lowest BCUT2D eigenvalue weighted by molar-refractivity contribution is -0.114. The quantitative estimate of drug-likeness (QED) is 0.705. The SMILES string of the molecule is CCCC(CC)NC1=CC(=O)CC1. The van der Waals surface area contributed by atoms with Crippen LogP contribution in [0, 0.1) is 0 Å². The van der Waals surface area contributed by atoms with Crippen LogP contribution in [0.5, 0.6) is 0 Å². The van der Waals surface area contributed by atoms with Gasteiger partial charge in [0.05, 0.1) is 0 Å². The Bertz CT molecular complexity index is 208. The molecule has 74 valence electrons. The van der Waals surface area contributed by atoms with Gasteiger partial charge in [-0.3, -0.25) is 4.79 Å². The summed E-state index contributed by atoms with van der Waals surface area (Å²) < 4.78 is 0. The number of rotatable bonds is 5. The standard InChI is InChI=1S/C11H19NO/c1-3-5-9(4-2)12-10-6-7-11(13)8-10/h8-9,12H,3-7H2,1-2H3. The molecule has 0 bridgehead atoms. The highest BCUT2D eigenvalue weighted by Gasteiger charge is 2.14. The Labute approximate surface area is 80.4 Å². The van der Waals surface area contributed by atoms with Crippen molar-refractivity contribution >= 4 is 5.78 Å². The van der Waals surface area contributed by atoms with Crippen molar-refractivity contribution < 1.29 is 4.79 Å². The third kappa shape index (κ3) is 3.21. The van der Waals surface area contributed by atoms with Gasteiger partial charge >= 0.3 is 0 Å². The van der Waals surface area contributed by atoms with Crippen LogP contribution in [0.15, 0.2) is 11.8 Å². The van der Waals surface area contributed by atoms with E-state index in [1.807, 2.05) is 0 Å². The maximum atomic E-state index is 11.0. The number of hydrogen-bond acceptors (Lipinski definition) is 2. The molecular weight excluding hydrogens is 162 g/mol. The Morgan fingerprint density at radius 1 is 1.46 bits per heavy atom. The Morgan fingerprint density at radius 3 is 2.69 bits per heavy atom. The molecule has 0 aliphatic heterocycles. The molecule has 0 aromatic carbocycles. The van der Waals surface area contributed by atoms with Gasteiger partial charge in [-0.15, -0.1) is 0 Å². The van der Waals surface area contributed by atoms with E-state index in [0.29, 0.717) is 12.5 Å². The summed E-state index contributed by atoms with van der Waals surface area (Å²) in [6.07, 6.45) is 6.91. The van der Waals surface area contributed by atoms with E-state index in [-0.39, 0.29) is 5.78 Å². The molecule has 1 aliphatic carbocycles. The van der Waals surface area contributed by atoms with Gasteiger partial charge in [0.15, 0.2) is 5.78 Å². The van der Waals surface area contributed by atoms with E-state index in [0.717, 1.165) is 18.5 Å². The lowest BCUT2D eigenvalue weighted by Crippen LogP contribution is -2.26. The van der Waals surface area contributed by atoms with E-state index in [9.17, 15) is 4.79 Å². The van der Waals surface area contributed by atoms with Crippen molar-refractivity contribution in [3.8, 4) is 0 Å². The van der Waals surface area contributed by atoms with Gasteiger partial charge in [-0.05, 0) is 19.3 Å². The van der Waals surface area contributed by atoms with E-state index in [1.165, 1.54) is 12.8 Å². The van der Waals surface area contributed by atoms with Crippen molar-refractivity contribution in [2.24, 2.45) is 0 Å². The van der Waals surface area contributed by atoms with Crippen LogP contribution in [-0.4, -0.2) is 11.8 Å². The molecule has 2 nitrogen and oxygen atoms in total. The molecule has 1 atom stereocenters. The molecule has 0 heterocycles. The highest BCUT2D eigenvalue weighted by atomic mass is 16.1. The summed E-state index contributed by atoms with van der Waals surface area (Å²) in [7, 11) is 0. The molecule has 0 spiro atoms. The lowest BCUT2D eigenvalue weighted by Gasteiger charge is -2.17. The number of nitrogens with one attached hydrogen (secondary N) is 1. The second-order valence-electron chi connectivity index (χ2n) is 3.67. The van der Waals surface area contributed by atoms with Crippen LogP contribution in [-0.2, 0) is 4.79 Å². The average Bonchev–Trinajstić information content (AvgIpc) is 2.50.